The molecule has 0 aromatic carbocycles. The predicted octanol–water partition coefficient (Wildman–Crippen LogP) is 2.65. The number of fused-ring (bicyclic) bond motifs is 2. The van der Waals surface area contributed by atoms with Gasteiger partial charge in [-0.3, -0.25) is 4.79 Å². The molecular formula is C15H17N3OS. The highest BCUT2D eigenvalue weighted by Crippen LogP contribution is 2.36. The molecule has 1 amide bonds. The second kappa shape index (κ2) is 4.45. The van der Waals surface area contributed by atoms with Crippen molar-refractivity contribution in [2.24, 2.45) is 0 Å². The lowest BCUT2D eigenvalue weighted by Gasteiger charge is -2.26. The molecule has 2 aromatic heterocycles. The number of nitrogens with zero attached hydrogens (tertiary/aromatic N) is 1. The largest absolute Gasteiger partial charge is 0.397 e. The van der Waals surface area contributed by atoms with E-state index in [0.29, 0.717) is 16.6 Å². The Kier molecular flexibility index (Phi) is 2.70. The molecule has 0 radical (unpaired) electrons. The van der Waals surface area contributed by atoms with Crippen molar-refractivity contribution >= 4 is 33.1 Å². The smallest absolute Gasteiger partial charge is 0.263 e. The maximum atomic E-state index is 12.3. The van der Waals surface area contributed by atoms with Crippen molar-refractivity contribution in [1.82, 2.24) is 10.3 Å². The number of hydrogen-bond acceptors (Lipinski definition) is 4. The van der Waals surface area contributed by atoms with Crippen molar-refractivity contribution in [3.05, 3.63) is 22.2 Å². The maximum absolute atomic E-state index is 12.3. The molecule has 0 aliphatic heterocycles. The molecule has 20 heavy (non-hydrogen) atoms. The van der Waals surface area contributed by atoms with Crippen LogP contribution in [0.3, 0.4) is 0 Å². The van der Waals surface area contributed by atoms with Crippen LogP contribution in [0.4, 0.5) is 5.69 Å². The van der Waals surface area contributed by atoms with Crippen LogP contribution >= 0.6 is 11.3 Å². The van der Waals surface area contributed by atoms with Crippen LogP contribution in [0, 0.1) is 0 Å². The number of anilines is 1. The summed E-state index contributed by atoms with van der Waals surface area (Å²) < 4.78 is 0. The summed E-state index contributed by atoms with van der Waals surface area (Å²) in [6.45, 7) is 0. The molecule has 0 bridgehead atoms. The summed E-state index contributed by atoms with van der Waals surface area (Å²) in [5.41, 5.74) is 9.26. The van der Waals surface area contributed by atoms with Gasteiger partial charge in [0.25, 0.3) is 5.91 Å². The molecule has 2 aromatic rings. The summed E-state index contributed by atoms with van der Waals surface area (Å²) in [6.07, 6.45) is 6.69. The van der Waals surface area contributed by atoms with Gasteiger partial charge in [-0.25, -0.2) is 4.98 Å². The number of pyridine rings is 1. The zero-order valence-corrected chi connectivity index (χ0v) is 12.1. The lowest BCUT2D eigenvalue weighted by atomic mass is 9.93. The number of carbonyl (C=O) groups excluding carboxylic acids is 1. The third-order valence-corrected chi connectivity index (χ3v) is 5.51. The first-order valence-electron chi connectivity index (χ1n) is 7.24. The normalized spacial score (nSPS) is 18.0. The van der Waals surface area contributed by atoms with Crippen molar-refractivity contribution in [2.45, 2.75) is 44.6 Å². The second-order valence-electron chi connectivity index (χ2n) is 5.75. The summed E-state index contributed by atoms with van der Waals surface area (Å²) in [6, 6.07) is 2.47. The third kappa shape index (κ3) is 1.80. The van der Waals surface area contributed by atoms with Crippen molar-refractivity contribution < 1.29 is 4.79 Å². The van der Waals surface area contributed by atoms with Crippen molar-refractivity contribution in [1.29, 1.82) is 0 Å². The molecule has 0 unspecified atom stereocenters. The number of hydrogen-bond donors (Lipinski definition) is 2. The molecule has 104 valence electrons. The molecule has 2 heterocycles. The van der Waals surface area contributed by atoms with E-state index >= 15 is 0 Å². The molecule has 0 atom stereocenters. The van der Waals surface area contributed by atoms with Crippen LogP contribution in [0.5, 0.6) is 0 Å². The highest BCUT2D eigenvalue weighted by atomic mass is 32.1. The standard InChI is InChI=1S/C15H17N3OS/c16-12-10-7-8-3-1-6-11(8)18-15(10)20-13(12)14(19)17-9-4-2-5-9/h7,9H,1-6,16H2,(H,17,19). The fraction of sp³-hybridized carbons (Fsp3) is 0.467. The maximum Gasteiger partial charge on any atom is 0.263 e. The fourth-order valence-electron chi connectivity index (χ4n) is 2.97. The number of aryl methyl sites for hydroxylation is 2. The van der Waals surface area contributed by atoms with Crippen LogP contribution in [0.15, 0.2) is 6.07 Å². The lowest BCUT2D eigenvalue weighted by Crippen LogP contribution is -2.39. The van der Waals surface area contributed by atoms with Crippen molar-refractivity contribution in [2.75, 3.05) is 5.73 Å². The van der Waals surface area contributed by atoms with E-state index < -0.39 is 0 Å². The van der Waals surface area contributed by atoms with Gasteiger partial charge in [0.2, 0.25) is 0 Å². The average molecular weight is 287 g/mol. The van der Waals surface area contributed by atoms with Gasteiger partial charge in [0.1, 0.15) is 9.71 Å². The summed E-state index contributed by atoms with van der Waals surface area (Å²) in [5, 5.41) is 4.01. The number of carbonyl (C=O) groups is 1. The minimum Gasteiger partial charge on any atom is -0.397 e. The topological polar surface area (TPSA) is 68.0 Å². The molecular weight excluding hydrogens is 270 g/mol. The number of nitrogen functional groups attached to an aromatic ring is 1. The Labute approximate surface area is 121 Å². The minimum atomic E-state index is -0.0321. The first-order chi connectivity index (χ1) is 9.72. The molecule has 1 saturated carbocycles. The zero-order chi connectivity index (χ0) is 13.7. The van der Waals surface area contributed by atoms with Crippen molar-refractivity contribution in [3.8, 4) is 0 Å². The number of nitrogens with two attached hydrogens (primary N) is 1. The SMILES string of the molecule is Nc1c(C(=O)NC2CCC2)sc2nc3c(cc12)CCC3. The molecule has 4 nitrogen and oxygen atoms in total. The first kappa shape index (κ1) is 12.1. The van der Waals surface area contributed by atoms with Crippen LogP contribution in [0.1, 0.15) is 46.6 Å². The zero-order valence-electron chi connectivity index (χ0n) is 11.2. The van der Waals surface area contributed by atoms with E-state index in [1.807, 2.05) is 0 Å². The highest BCUT2D eigenvalue weighted by molar-refractivity contribution is 7.21. The van der Waals surface area contributed by atoms with Gasteiger partial charge in [-0.2, -0.15) is 0 Å². The third-order valence-electron chi connectivity index (χ3n) is 4.40. The summed E-state index contributed by atoms with van der Waals surface area (Å²) >= 11 is 1.43. The quantitative estimate of drug-likeness (QED) is 0.892. The molecule has 4 rings (SSSR count). The molecule has 5 heteroatoms. The van der Waals surface area contributed by atoms with E-state index in [9.17, 15) is 4.79 Å². The Morgan fingerprint density at radius 2 is 2.20 bits per heavy atom. The Bertz CT molecular complexity index is 703. The van der Waals surface area contributed by atoms with Crippen molar-refractivity contribution in [3.63, 3.8) is 0 Å². The molecule has 0 spiro atoms. The molecule has 0 saturated heterocycles. The number of nitrogens with one attached hydrogen (secondary N) is 1. The molecule has 3 N–H and O–H groups in total. The number of thiophene rings is 1. The van der Waals surface area contributed by atoms with Crippen LogP contribution in [0.2, 0.25) is 0 Å². The van der Waals surface area contributed by atoms with E-state index in [1.54, 1.807) is 0 Å². The van der Waals surface area contributed by atoms with Gasteiger partial charge in [0.15, 0.2) is 0 Å². The summed E-state index contributed by atoms with van der Waals surface area (Å²) in [4.78, 5) is 18.5. The first-order valence-corrected chi connectivity index (χ1v) is 8.05. The van der Waals surface area contributed by atoms with Crippen LogP contribution in [-0.4, -0.2) is 16.9 Å². The van der Waals surface area contributed by atoms with Crippen LogP contribution < -0.4 is 11.1 Å². The molecule has 2 aliphatic rings. The molecule has 1 fully saturated rings. The van der Waals surface area contributed by atoms with E-state index in [1.165, 1.54) is 35.4 Å². The van der Waals surface area contributed by atoms with E-state index in [0.717, 1.165) is 35.9 Å². The Hall–Kier alpha value is -1.62. The van der Waals surface area contributed by atoms with E-state index in [2.05, 4.69) is 11.4 Å². The van der Waals surface area contributed by atoms with E-state index in [-0.39, 0.29) is 5.91 Å². The summed E-state index contributed by atoms with van der Waals surface area (Å²) in [5.74, 6) is -0.0321. The van der Waals surface area contributed by atoms with Crippen LogP contribution in [0.25, 0.3) is 10.2 Å². The summed E-state index contributed by atoms with van der Waals surface area (Å²) in [7, 11) is 0. The Balaban J connectivity index is 1.73. The van der Waals surface area contributed by atoms with Gasteiger partial charge in [-0.1, -0.05) is 0 Å². The molecule has 2 aliphatic carbocycles. The average Bonchev–Trinajstić information content (AvgIpc) is 2.96. The number of amides is 1. The van der Waals surface area contributed by atoms with Gasteiger partial charge in [-0.15, -0.1) is 11.3 Å². The monoisotopic (exact) mass is 287 g/mol. The predicted molar refractivity (Wildman–Crippen MR) is 81.2 cm³/mol. The second-order valence-corrected chi connectivity index (χ2v) is 6.75. The Morgan fingerprint density at radius 3 is 2.95 bits per heavy atom. The van der Waals surface area contributed by atoms with Gasteiger partial charge < -0.3 is 11.1 Å². The van der Waals surface area contributed by atoms with Crippen LogP contribution in [-0.2, 0) is 12.8 Å². The van der Waals surface area contributed by atoms with Gasteiger partial charge in [0.05, 0.1) is 5.69 Å². The van der Waals surface area contributed by atoms with Gasteiger partial charge >= 0.3 is 0 Å². The number of aromatic nitrogens is 1. The van der Waals surface area contributed by atoms with Gasteiger partial charge in [0, 0.05) is 17.1 Å². The van der Waals surface area contributed by atoms with E-state index in [4.69, 9.17) is 10.7 Å². The van der Waals surface area contributed by atoms with Gasteiger partial charge in [-0.05, 0) is 50.2 Å². The Morgan fingerprint density at radius 1 is 1.35 bits per heavy atom. The lowest BCUT2D eigenvalue weighted by molar-refractivity contribution is 0.0922. The highest BCUT2D eigenvalue weighted by Gasteiger charge is 2.24. The number of rotatable bonds is 2. The minimum absolute atomic E-state index is 0.0321. The fourth-order valence-corrected chi connectivity index (χ4v) is 3.97.